The monoisotopic (exact) mass is 518 g/mol. The van der Waals surface area contributed by atoms with E-state index in [9.17, 15) is 0 Å². The number of hydrogen-bond acceptors (Lipinski definition) is 10. The second-order valence-corrected chi connectivity index (χ2v) is 3.72. The Hall–Kier alpha value is -3.73. The molecule has 24 heteroatoms. The number of primary amides is 12. The van der Waals surface area contributed by atoms with E-state index in [0.717, 1.165) is 0 Å². The van der Waals surface area contributed by atoms with Gasteiger partial charge in [0.15, 0.2) is 0 Å². The average molecular weight is 519 g/mol. The fourth-order valence-electron chi connectivity index (χ4n) is 0. The molecule has 0 unspecified atom stereocenters. The predicted octanol–water partition coefficient (Wildman–Crippen LogP) is -8.72. The number of hydrogen-bond donors (Lipinski definition) is 15. The van der Waals surface area contributed by atoms with E-state index in [1.165, 1.54) is 0 Å². The van der Waals surface area contributed by atoms with E-state index < -0.39 is 46.4 Å². The van der Waals surface area contributed by atoms with E-state index in [-0.39, 0.29) is 17.1 Å². The normalized spacial score (nSPS) is 7.33. The van der Waals surface area contributed by atoms with Gasteiger partial charge in [0.25, 0.3) is 0 Å². The number of halogens is 1. The summed E-state index contributed by atoms with van der Waals surface area (Å²) in [4.78, 5) is 54.0. The van der Waals surface area contributed by atoms with Crippen LogP contribution in [0.15, 0.2) is 0 Å². The number of nitrogens with two attached hydrogens (primary N) is 12. The molecule has 183 valence electrons. The molecule has 0 aromatic carbocycles. The third-order valence-corrected chi connectivity index (χ3v) is 0. The molecular formula is C6H27ClFeN12O10+3. The van der Waals surface area contributed by atoms with Crippen LogP contribution in [0.3, 0.4) is 0 Å². The molecule has 30 heavy (non-hydrogen) atoms. The van der Waals surface area contributed by atoms with Crippen molar-refractivity contribution in [2.45, 2.75) is 0 Å². The van der Waals surface area contributed by atoms with Crippen molar-refractivity contribution in [1.29, 1.82) is 0 Å². The van der Waals surface area contributed by atoms with Gasteiger partial charge in [-0.2, -0.15) is 0 Å². The van der Waals surface area contributed by atoms with Crippen molar-refractivity contribution in [1.82, 2.24) is 0 Å². The summed E-state index contributed by atoms with van der Waals surface area (Å²) >= 11 is 0. The van der Waals surface area contributed by atoms with Crippen molar-refractivity contribution < 1.29 is 74.7 Å². The van der Waals surface area contributed by atoms with Crippen LogP contribution in [-0.4, -0.2) is 50.2 Å². The molecule has 0 aliphatic heterocycles. The fourth-order valence-corrected chi connectivity index (χ4v) is 0. The van der Waals surface area contributed by atoms with Crippen LogP contribution in [0, 0.1) is 10.2 Å². The van der Waals surface area contributed by atoms with Gasteiger partial charge in [-0.25, -0.2) is 28.8 Å². The van der Waals surface area contributed by atoms with Crippen molar-refractivity contribution in [3.05, 3.63) is 0 Å². The molecule has 27 N–H and O–H groups in total. The van der Waals surface area contributed by atoms with Crippen molar-refractivity contribution >= 4 is 36.2 Å². The van der Waals surface area contributed by atoms with Gasteiger partial charge in [0, 0.05) is 0 Å². The first-order valence-electron chi connectivity index (χ1n) is 5.35. The SMILES string of the molecule is NC(N)=O.NC(N)=O.NC(N)=O.NC(N)=O.NC(N)=O.NC(N)=O.[Fe+3].[O-][Cl+](O)(O)O. The zero-order valence-electron chi connectivity index (χ0n) is 14.9. The van der Waals surface area contributed by atoms with Gasteiger partial charge in [0.2, 0.25) is 0 Å². The van der Waals surface area contributed by atoms with Crippen LogP contribution in [0.2, 0.25) is 0 Å². The van der Waals surface area contributed by atoms with Crippen LogP contribution in [0.25, 0.3) is 0 Å². The quantitative estimate of drug-likeness (QED) is 0.134. The molecule has 22 nitrogen and oxygen atoms in total. The van der Waals surface area contributed by atoms with E-state index in [4.69, 9.17) is 47.4 Å². The maximum atomic E-state index is 9.00. The Morgan fingerprint density at radius 2 is 0.433 bits per heavy atom. The van der Waals surface area contributed by atoms with Crippen molar-refractivity contribution in [2.75, 3.05) is 0 Å². The van der Waals surface area contributed by atoms with Gasteiger partial charge in [-0.05, 0) is 0 Å². The first kappa shape index (κ1) is 50.3. The number of amides is 12. The summed E-state index contributed by atoms with van der Waals surface area (Å²) in [6, 6.07) is -5.00. The standard InChI is InChI=1S/6CH4N2O.ClH3O4.Fe/c6*2-1(3)4;2-1(3,4)5;/h6*(H4,2,3,4);2-4H;/q;;;;;;;+3. The zero-order valence-corrected chi connectivity index (χ0v) is 16.7. The van der Waals surface area contributed by atoms with E-state index in [2.05, 4.69) is 68.8 Å². The Morgan fingerprint density at radius 3 is 0.433 bits per heavy atom. The van der Waals surface area contributed by atoms with Crippen LogP contribution in [0.4, 0.5) is 28.8 Å². The van der Waals surface area contributed by atoms with E-state index in [1.807, 2.05) is 0 Å². The predicted molar refractivity (Wildman–Crippen MR) is 89.3 cm³/mol. The molecule has 0 aliphatic rings. The zero-order chi connectivity index (χ0) is 26.0. The fraction of sp³-hybridized carbons (Fsp3) is 0. The van der Waals surface area contributed by atoms with Crippen molar-refractivity contribution in [3.63, 3.8) is 0 Å². The average Bonchev–Trinajstić information content (AvgIpc) is 2.18. The van der Waals surface area contributed by atoms with Crippen LogP contribution in [0.1, 0.15) is 0 Å². The first-order valence-corrected chi connectivity index (χ1v) is 6.67. The van der Waals surface area contributed by atoms with Gasteiger partial charge in [0.05, 0.1) is 0 Å². The van der Waals surface area contributed by atoms with E-state index >= 15 is 0 Å². The van der Waals surface area contributed by atoms with Crippen molar-refractivity contribution in [3.8, 4) is 0 Å². The Balaban J connectivity index is -0.0000000313. The summed E-state index contributed by atoms with van der Waals surface area (Å²) in [5.41, 5.74) is 51.0. The molecule has 0 heterocycles. The summed E-state index contributed by atoms with van der Waals surface area (Å²) in [7, 11) is -4.19. The molecule has 0 atom stereocenters. The second-order valence-electron chi connectivity index (χ2n) is 2.85. The molecule has 12 amide bonds. The van der Waals surface area contributed by atoms with Crippen molar-refractivity contribution in [2.24, 2.45) is 68.8 Å². The number of rotatable bonds is 0. The van der Waals surface area contributed by atoms with E-state index in [0.29, 0.717) is 0 Å². The van der Waals surface area contributed by atoms with Crippen LogP contribution in [-0.2, 0) is 17.1 Å². The minimum atomic E-state index is -4.19. The Morgan fingerprint density at radius 1 is 0.433 bits per heavy atom. The Bertz CT molecular complexity index is 352. The molecule has 0 aliphatic carbocycles. The van der Waals surface area contributed by atoms with Gasteiger partial charge < -0.3 is 68.8 Å². The summed E-state index contributed by atoms with van der Waals surface area (Å²) in [5, 5.41) is 0. The molecule has 0 spiro atoms. The third kappa shape index (κ3) is 944. The second kappa shape index (κ2) is 36.2. The molecule has 0 rings (SSSR count). The molecule has 0 fully saturated rings. The van der Waals surface area contributed by atoms with Crippen LogP contribution in [0.5, 0.6) is 0 Å². The van der Waals surface area contributed by atoms with Gasteiger partial charge in [-0.3, -0.25) is 0 Å². The summed E-state index contributed by atoms with van der Waals surface area (Å²) < 4.78 is 30.2. The molecular weight excluding hydrogens is 491 g/mol. The maximum absolute atomic E-state index is 9.00. The van der Waals surface area contributed by atoms with Crippen LogP contribution >= 0.6 is 0 Å². The van der Waals surface area contributed by atoms with Gasteiger partial charge in [-0.15, -0.1) is 0 Å². The van der Waals surface area contributed by atoms with Gasteiger partial charge in [-0.1, -0.05) is 0 Å². The van der Waals surface area contributed by atoms with Crippen LogP contribution < -0.4 is 73.5 Å². The molecule has 0 bridgehead atoms. The van der Waals surface area contributed by atoms with Gasteiger partial charge in [0.1, 0.15) is 0 Å². The Kier molecular flexibility index (Phi) is 60.7. The molecule has 0 saturated heterocycles. The topological polar surface area (TPSA) is 498 Å². The third-order valence-electron chi connectivity index (χ3n) is 0. The molecule has 0 saturated carbocycles. The summed E-state index contributed by atoms with van der Waals surface area (Å²) in [6.45, 7) is 0. The Labute approximate surface area is 180 Å². The molecule has 1 radical (unpaired) electrons. The number of urea groups is 6. The summed E-state index contributed by atoms with van der Waals surface area (Å²) in [6.07, 6.45) is 0. The summed E-state index contributed by atoms with van der Waals surface area (Å²) in [5.74, 6) is 0. The first-order chi connectivity index (χ1) is 12.4. The number of carbonyl (C=O) groups excluding carboxylic acids is 6. The molecule has 0 aromatic rings. The van der Waals surface area contributed by atoms with E-state index in [1.54, 1.807) is 0 Å². The molecule has 0 aromatic heterocycles. The number of carbonyl (C=O) groups is 6. The van der Waals surface area contributed by atoms with Gasteiger partial charge >= 0.3 is 82.1 Å². The minimum absolute atomic E-state index is 0.